The van der Waals surface area contributed by atoms with E-state index in [-0.39, 0.29) is 29.5 Å². The van der Waals surface area contributed by atoms with Crippen LogP contribution in [0.1, 0.15) is 72.1 Å². The molecular formula is C20H32BO3Si. The highest BCUT2D eigenvalue weighted by Crippen LogP contribution is 2.40. The summed E-state index contributed by atoms with van der Waals surface area (Å²) in [6.45, 7) is 17.5. The van der Waals surface area contributed by atoms with Crippen molar-refractivity contribution in [1.82, 2.24) is 0 Å². The number of benzene rings is 1. The van der Waals surface area contributed by atoms with E-state index >= 15 is 0 Å². The van der Waals surface area contributed by atoms with Crippen LogP contribution in [-0.2, 0) is 20.2 Å². The van der Waals surface area contributed by atoms with Crippen molar-refractivity contribution in [1.29, 1.82) is 0 Å². The lowest BCUT2D eigenvalue weighted by Gasteiger charge is -2.32. The van der Waals surface area contributed by atoms with Crippen LogP contribution in [0.4, 0.5) is 0 Å². The van der Waals surface area contributed by atoms with Crippen molar-refractivity contribution < 1.29 is 13.7 Å². The molecule has 1 atom stereocenters. The Morgan fingerprint density at radius 3 is 2.28 bits per heavy atom. The summed E-state index contributed by atoms with van der Waals surface area (Å²) in [6.07, 6.45) is 2.32. The molecule has 2 aliphatic rings. The summed E-state index contributed by atoms with van der Waals surface area (Å²) in [4.78, 5) is 0. The van der Waals surface area contributed by atoms with Crippen molar-refractivity contribution in [3.63, 3.8) is 0 Å². The van der Waals surface area contributed by atoms with Gasteiger partial charge in [-0.25, -0.2) is 0 Å². The number of fused-ring (bicyclic) bond motifs is 1. The summed E-state index contributed by atoms with van der Waals surface area (Å²) in [5.41, 5.74) is 3.28. The first kappa shape index (κ1) is 19.2. The first-order valence-electron chi connectivity index (χ1n) is 9.40. The molecule has 0 amide bonds. The minimum absolute atomic E-state index is 0.218. The third-order valence-corrected chi connectivity index (χ3v) is 8.88. The molecule has 1 aromatic rings. The molecule has 3 nitrogen and oxygen atoms in total. The first-order valence-corrected chi connectivity index (χ1v) is 11.3. The van der Waals surface area contributed by atoms with Crippen LogP contribution in [0.2, 0.25) is 11.6 Å². The van der Waals surface area contributed by atoms with Gasteiger partial charge in [0.25, 0.3) is 0 Å². The maximum Gasteiger partial charge on any atom is 0.495 e. The van der Waals surface area contributed by atoms with Crippen molar-refractivity contribution in [3.8, 4) is 0 Å². The molecule has 1 aromatic carbocycles. The third kappa shape index (κ3) is 3.49. The van der Waals surface area contributed by atoms with Gasteiger partial charge in [-0.15, -0.1) is 0 Å². The minimum atomic E-state index is -0.860. The lowest BCUT2D eigenvalue weighted by Crippen LogP contribution is -2.41. The Balaban J connectivity index is 1.85. The van der Waals surface area contributed by atoms with Gasteiger partial charge >= 0.3 is 7.12 Å². The van der Waals surface area contributed by atoms with E-state index in [9.17, 15) is 0 Å². The second-order valence-corrected chi connectivity index (χ2v) is 12.3. The summed E-state index contributed by atoms with van der Waals surface area (Å²) in [6, 6.07) is 6.50. The minimum Gasteiger partial charge on any atom is -0.409 e. The van der Waals surface area contributed by atoms with E-state index in [0.717, 1.165) is 12.8 Å². The number of hydrogen-bond donors (Lipinski definition) is 0. The van der Waals surface area contributed by atoms with E-state index < -0.39 is 9.04 Å². The molecule has 1 fully saturated rings. The summed E-state index contributed by atoms with van der Waals surface area (Å²) in [7, 11) is -1.14. The average molecular weight is 359 g/mol. The standard InChI is InChI=1S/C20H32BO3Si/c1-18(2,3)25(8)22-17-13-12-14-15(17)10-9-11-16(14)21-23-19(4,5)20(6,7)24-21/h9-11,17H,12-13H2,1-8H3/t17-/m0/s1. The molecule has 3 rings (SSSR count). The average Bonchev–Trinajstić information content (AvgIpc) is 2.96. The molecule has 1 radical (unpaired) electrons. The molecule has 1 aliphatic carbocycles. The van der Waals surface area contributed by atoms with Gasteiger partial charge in [0, 0.05) is 0 Å². The zero-order valence-electron chi connectivity index (χ0n) is 17.0. The zero-order valence-corrected chi connectivity index (χ0v) is 18.0. The maximum atomic E-state index is 6.52. The van der Waals surface area contributed by atoms with Crippen molar-refractivity contribution in [2.24, 2.45) is 0 Å². The van der Waals surface area contributed by atoms with Crippen molar-refractivity contribution in [2.75, 3.05) is 0 Å². The Kier molecular flexibility index (Phi) is 4.77. The normalized spacial score (nSPS) is 24.8. The fourth-order valence-electron chi connectivity index (χ4n) is 3.35. The fraction of sp³-hybridized carbons (Fsp3) is 0.700. The van der Waals surface area contributed by atoms with Gasteiger partial charge in [0.05, 0.1) is 17.3 Å². The van der Waals surface area contributed by atoms with E-state index in [1.165, 1.54) is 16.6 Å². The number of hydrogen-bond acceptors (Lipinski definition) is 3. The summed E-state index contributed by atoms with van der Waals surface area (Å²) >= 11 is 0. The molecule has 0 saturated carbocycles. The SMILES string of the molecule is C[Si](O[C@H]1CCc2c(B3OC(C)(C)C(C)(C)O3)cccc21)C(C)(C)C. The van der Waals surface area contributed by atoms with E-state index in [4.69, 9.17) is 13.7 Å². The largest absolute Gasteiger partial charge is 0.495 e. The van der Waals surface area contributed by atoms with Crippen LogP contribution in [0, 0.1) is 0 Å². The monoisotopic (exact) mass is 359 g/mol. The fourth-order valence-corrected chi connectivity index (χ4v) is 4.37. The van der Waals surface area contributed by atoms with Crippen molar-refractivity contribution in [3.05, 3.63) is 29.3 Å². The maximum absolute atomic E-state index is 6.52. The van der Waals surface area contributed by atoms with Gasteiger partial charge in [0.1, 0.15) is 0 Å². The van der Waals surface area contributed by atoms with Gasteiger partial charge in [0.2, 0.25) is 9.04 Å². The molecule has 25 heavy (non-hydrogen) atoms. The molecule has 0 N–H and O–H groups in total. The second-order valence-electron chi connectivity index (χ2n) is 9.45. The van der Waals surface area contributed by atoms with Gasteiger partial charge in [-0.3, -0.25) is 0 Å². The predicted octanol–water partition coefficient (Wildman–Crippen LogP) is 4.41. The zero-order chi connectivity index (χ0) is 18.6. The van der Waals surface area contributed by atoms with Crippen LogP contribution in [0.25, 0.3) is 0 Å². The van der Waals surface area contributed by atoms with E-state index in [2.05, 4.69) is 73.2 Å². The predicted molar refractivity (Wildman–Crippen MR) is 106 cm³/mol. The highest BCUT2D eigenvalue weighted by molar-refractivity contribution is 6.62. The molecule has 0 aromatic heterocycles. The molecule has 5 heteroatoms. The Hall–Kier alpha value is -0.618. The number of rotatable bonds is 3. The van der Waals surface area contributed by atoms with E-state index in [1.807, 2.05) is 0 Å². The topological polar surface area (TPSA) is 27.7 Å². The Bertz CT molecular complexity index is 635. The first-order chi connectivity index (χ1) is 11.4. The summed E-state index contributed by atoms with van der Waals surface area (Å²) < 4.78 is 19.1. The van der Waals surface area contributed by atoms with Crippen LogP contribution >= 0.6 is 0 Å². The Labute approximate surface area is 155 Å². The van der Waals surface area contributed by atoms with Crippen LogP contribution < -0.4 is 5.46 Å². The van der Waals surface area contributed by atoms with Crippen LogP contribution in [0.15, 0.2) is 18.2 Å². The smallest absolute Gasteiger partial charge is 0.409 e. The van der Waals surface area contributed by atoms with Crippen LogP contribution in [0.5, 0.6) is 0 Å². The quantitative estimate of drug-likeness (QED) is 0.748. The Morgan fingerprint density at radius 2 is 1.72 bits per heavy atom. The Morgan fingerprint density at radius 1 is 1.12 bits per heavy atom. The summed E-state index contributed by atoms with van der Waals surface area (Å²) in [5, 5.41) is 0.247. The summed E-state index contributed by atoms with van der Waals surface area (Å²) in [5.74, 6) is 0. The lowest BCUT2D eigenvalue weighted by atomic mass is 9.75. The highest BCUT2D eigenvalue weighted by Gasteiger charge is 2.52. The van der Waals surface area contributed by atoms with Gasteiger partial charge in [0.15, 0.2) is 0 Å². The van der Waals surface area contributed by atoms with Gasteiger partial charge in [-0.05, 0) is 68.7 Å². The van der Waals surface area contributed by atoms with E-state index in [0.29, 0.717) is 0 Å². The molecule has 1 saturated heterocycles. The van der Waals surface area contributed by atoms with Crippen molar-refractivity contribution >= 4 is 21.6 Å². The molecule has 0 bridgehead atoms. The third-order valence-electron chi connectivity index (χ3n) is 6.13. The van der Waals surface area contributed by atoms with Crippen LogP contribution in [0.3, 0.4) is 0 Å². The highest BCUT2D eigenvalue weighted by atomic mass is 28.3. The van der Waals surface area contributed by atoms with E-state index in [1.54, 1.807) is 0 Å². The van der Waals surface area contributed by atoms with Gasteiger partial charge in [-0.2, -0.15) is 0 Å². The van der Waals surface area contributed by atoms with Gasteiger partial charge in [-0.1, -0.05) is 39.0 Å². The molecule has 0 unspecified atom stereocenters. The molecule has 137 valence electrons. The molecule has 1 heterocycles. The van der Waals surface area contributed by atoms with Gasteiger partial charge < -0.3 is 13.7 Å². The molecule has 0 spiro atoms. The second kappa shape index (κ2) is 6.22. The lowest BCUT2D eigenvalue weighted by molar-refractivity contribution is 0.00578. The molecular weight excluding hydrogens is 327 g/mol. The van der Waals surface area contributed by atoms with Crippen molar-refractivity contribution in [2.45, 2.75) is 90.2 Å². The van der Waals surface area contributed by atoms with Crippen LogP contribution in [-0.4, -0.2) is 27.4 Å². The molecule has 1 aliphatic heterocycles.